The Hall–Kier alpha value is -2.87. The van der Waals surface area contributed by atoms with Crippen molar-refractivity contribution in [3.63, 3.8) is 0 Å². The molecule has 35 heavy (non-hydrogen) atoms. The van der Waals surface area contributed by atoms with Gasteiger partial charge in [0.25, 0.3) is 11.1 Å². The third-order valence-electron chi connectivity index (χ3n) is 6.37. The first-order valence-electron chi connectivity index (χ1n) is 12.2. The van der Waals surface area contributed by atoms with Crippen molar-refractivity contribution in [1.82, 2.24) is 19.2 Å². The van der Waals surface area contributed by atoms with Gasteiger partial charge in [-0.15, -0.1) is 0 Å². The SMILES string of the molecule is CC/C=C\C=C(/C)CCn1[nH]c2cc(=O)n(CCN3CCOCC3)c(-c3ccc(Cl)cc3)c2c1=O. The highest BCUT2D eigenvalue weighted by Crippen LogP contribution is 2.26. The number of ether oxygens (including phenoxy) is 1. The molecule has 1 aliphatic rings. The second-order valence-corrected chi connectivity index (χ2v) is 9.34. The molecule has 7 nitrogen and oxygen atoms in total. The zero-order chi connectivity index (χ0) is 24.8. The van der Waals surface area contributed by atoms with Gasteiger partial charge in [-0.1, -0.05) is 54.5 Å². The minimum atomic E-state index is -0.134. The highest BCUT2D eigenvalue weighted by molar-refractivity contribution is 6.30. The van der Waals surface area contributed by atoms with Crippen molar-refractivity contribution in [2.75, 3.05) is 32.8 Å². The zero-order valence-electron chi connectivity index (χ0n) is 20.4. The molecule has 186 valence electrons. The van der Waals surface area contributed by atoms with Gasteiger partial charge in [-0.05, 0) is 37.5 Å². The monoisotopic (exact) mass is 496 g/mol. The Balaban J connectivity index is 1.74. The summed E-state index contributed by atoms with van der Waals surface area (Å²) in [7, 11) is 0. The van der Waals surface area contributed by atoms with Crippen LogP contribution in [-0.4, -0.2) is 52.1 Å². The van der Waals surface area contributed by atoms with Gasteiger partial charge in [0.15, 0.2) is 0 Å². The van der Waals surface area contributed by atoms with Crippen LogP contribution in [-0.2, 0) is 17.8 Å². The number of aryl methyl sites for hydroxylation is 1. The van der Waals surface area contributed by atoms with Crippen molar-refractivity contribution in [3.8, 4) is 11.3 Å². The first-order valence-corrected chi connectivity index (χ1v) is 12.6. The molecule has 0 bridgehead atoms. The molecule has 3 aromatic rings. The number of benzene rings is 1. The molecule has 1 aliphatic heterocycles. The second-order valence-electron chi connectivity index (χ2n) is 8.90. The lowest BCUT2D eigenvalue weighted by atomic mass is 10.1. The molecule has 0 saturated carbocycles. The fourth-order valence-corrected chi connectivity index (χ4v) is 4.50. The predicted octanol–water partition coefficient (Wildman–Crippen LogP) is 4.45. The van der Waals surface area contributed by atoms with Crippen molar-refractivity contribution in [2.45, 2.75) is 39.8 Å². The molecule has 1 saturated heterocycles. The molecule has 4 rings (SSSR count). The Morgan fingerprint density at radius 1 is 1.11 bits per heavy atom. The Morgan fingerprint density at radius 3 is 2.57 bits per heavy atom. The molecule has 2 aromatic heterocycles. The summed E-state index contributed by atoms with van der Waals surface area (Å²) in [6.45, 7) is 8.94. The van der Waals surface area contributed by atoms with Gasteiger partial charge >= 0.3 is 0 Å². The molecular weight excluding hydrogens is 464 g/mol. The van der Waals surface area contributed by atoms with E-state index in [1.54, 1.807) is 27.4 Å². The van der Waals surface area contributed by atoms with E-state index in [2.05, 4.69) is 36.0 Å². The van der Waals surface area contributed by atoms with E-state index in [0.717, 1.165) is 31.5 Å². The van der Waals surface area contributed by atoms with Crippen molar-refractivity contribution in [3.05, 3.63) is 79.9 Å². The quantitative estimate of drug-likeness (QED) is 0.444. The van der Waals surface area contributed by atoms with E-state index in [0.29, 0.717) is 54.5 Å². The summed E-state index contributed by atoms with van der Waals surface area (Å²) >= 11 is 6.13. The molecule has 3 heterocycles. The number of aromatic nitrogens is 3. The van der Waals surface area contributed by atoms with Crippen LogP contribution >= 0.6 is 11.6 Å². The van der Waals surface area contributed by atoms with Crippen molar-refractivity contribution >= 4 is 22.5 Å². The summed E-state index contributed by atoms with van der Waals surface area (Å²) in [5, 5.41) is 4.31. The largest absolute Gasteiger partial charge is 0.379 e. The predicted molar refractivity (Wildman–Crippen MR) is 142 cm³/mol. The Bertz CT molecular complexity index is 1330. The summed E-state index contributed by atoms with van der Waals surface area (Å²) in [6, 6.07) is 8.85. The molecule has 0 aliphatic carbocycles. The van der Waals surface area contributed by atoms with Crippen molar-refractivity contribution in [2.24, 2.45) is 0 Å². The number of nitrogens with zero attached hydrogens (tertiary/aromatic N) is 3. The number of morpholine rings is 1. The molecule has 1 aromatic carbocycles. The number of H-pyrrole nitrogens is 1. The summed E-state index contributed by atoms with van der Waals surface area (Å²) in [5.41, 5.74) is 2.91. The normalized spacial score (nSPS) is 15.5. The molecule has 0 atom stereocenters. The Morgan fingerprint density at radius 2 is 1.86 bits per heavy atom. The Kier molecular flexibility index (Phi) is 8.44. The van der Waals surface area contributed by atoms with Gasteiger partial charge in [-0.25, -0.2) is 0 Å². The van der Waals surface area contributed by atoms with Crippen LogP contribution in [0, 0.1) is 0 Å². The maximum atomic E-state index is 13.6. The van der Waals surface area contributed by atoms with Crippen LogP contribution in [0.15, 0.2) is 63.7 Å². The molecule has 1 fully saturated rings. The van der Waals surface area contributed by atoms with Crippen LogP contribution < -0.4 is 11.1 Å². The van der Waals surface area contributed by atoms with Crippen LogP contribution in [0.2, 0.25) is 5.02 Å². The highest BCUT2D eigenvalue weighted by Gasteiger charge is 2.20. The van der Waals surface area contributed by atoms with E-state index in [9.17, 15) is 9.59 Å². The summed E-state index contributed by atoms with van der Waals surface area (Å²) in [4.78, 5) is 29.1. The zero-order valence-corrected chi connectivity index (χ0v) is 21.2. The molecule has 1 N–H and O–H groups in total. The molecular formula is C27H33ClN4O3. The number of hydrogen-bond acceptors (Lipinski definition) is 4. The molecule has 8 heteroatoms. The number of hydrogen-bond donors (Lipinski definition) is 1. The van der Waals surface area contributed by atoms with Gasteiger partial charge in [0, 0.05) is 43.8 Å². The van der Waals surface area contributed by atoms with E-state index in [-0.39, 0.29) is 11.1 Å². The van der Waals surface area contributed by atoms with Gasteiger partial charge in [0.2, 0.25) is 0 Å². The van der Waals surface area contributed by atoms with Gasteiger partial charge in [0.1, 0.15) is 0 Å². The van der Waals surface area contributed by atoms with E-state index in [1.807, 2.05) is 18.2 Å². The molecule has 0 radical (unpaired) electrons. The van der Waals surface area contributed by atoms with Crippen LogP contribution in [0.1, 0.15) is 26.7 Å². The maximum absolute atomic E-state index is 13.6. The topological polar surface area (TPSA) is 72.3 Å². The number of fused-ring (bicyclic) bond motifs is 1. The van der Waals surface area contributed by atoms with Gasteiger partial charge in [0.05, 0.1) is 29.8 Å². The number of rotatable bonds is 9. The lowest BCUT2D eigenvalue weighted by molar-refractivity contribution is 0.0363. The number of halogens is 1. The maximum Gasteiger partial charge on any atom is 0.276 e. The smallest absolute Gasteiger partial charge is 0.276 e. The Labute approximate surface area is 210 Å². The minimum absolute atomic E-state index is 0.123. The highest BCUT2D eigenvalue weighted by atomic mass is 35.5. The number of nitrogens with one attached hydrogen (secondary N) is 1. The summed E-state index contributed by atoms with van der Waals surface area (Å²) in [6.07, 6.45) is 7.94. The summed E-state index contributed by atoms with van der Waals surface area (Å²) in [5.74, 6) is 0. The van der Waals surface area contributed by atoms with Crippen LogP contribution in [0.4, 0.5) is 0 Å². The first-order chi connectivity index (χ1) is 17.0. The van der Waals surface area contributed by atoms with Crippen molar-refractivity contribution in [1.29, 1.82) is 0 Å². The number of pyridine rings is 1. The van der Waals surface area contributed by atoms with E-state index < -0.39 is 0 Å². The van der Waals surface area contributed by atoms with E-state index >= 15 is 0 Å². The van der Waals surface area contributed by atoms with E-state index in [4.69, 9.17) is 16.3 Å². The molecule has 0 unspecified atom stereocenters. The first kappa shape index (κ1) is 25.2. The molecule has 0 amide bonds. The average Bonchev–Trinajstić information content (AvgIpc) is 3.17. The lowest BCUT2D eigenvalue weighted by Gasteiger charge is -2.27. The third-order valence-corrected chi connectivity index (χ3v) is 6.62. The number of aromatic amines is 1. The number of allylic oxidation sites excluding steroid dienone is 4. The van der Waals surface area contributed by atoms with Crippen LogP contribution in [0.3, 0.4) is 0 Å². The van der Waals surface area contributed by atoms with Gasteiger partial charge in [-0.3, -0.25) is 24.3 Å². The fraction of sp³-hybridized carbons (Fsp3) is 0.407. The fourth-order valence-electron chi connectivity index (χ4n) is 4.38. The standard InChI is InChI=1S/C27H33ClN4O3/c1-3-4-5-6-20(2)11-12-32-27(34)25-23(29-32)19-24(33)31(14-13-30-15-17-35-18-16-30)26(25)21-7-9-22(28)10-8-21/h4-10,19,29H,3,11-18H2,1-2H3/b5-4-,20-6+. The summed E-state index contributed by atoms with van der Waals surface area (Å²) < 4.78 is 8.78. The molecule has 0 spiro atoms. The van der Waals surface area contributed by atoms with E-state index in [1.165, 1.54) is 5.57 Å². The van der Waals surface area contributed by atoms with Crippen LogP contribution in [0.25, 0.3) is 22.2 Å². The minimum Gasteiger partial charge on any atom is -0.379 e. The van der Waals surface area contributed by atoms with Crippen LogP contribution in [0.5, 0.6) is 0 Å². The lowest BCUT2D eigenvalue weighted by Crippen LogP contribution is -2.39. The van der Waals surface area contributed by atoms with Crippen molar-refractivity contribution < 1.29 is 4.74 Å². The third kappa shape index (κ3) is 6.04. The average molecular weight is 497 g/mol. The second kappa shape index (κ2) is 11.7. The van der Waals surface area contributed by atoms with Gasteiger partial charge in [-0.2, -0.15) is 0 Å². The van der Waals surface area contributed by atoms with Gasteiger partial charge < -0.3 is 9.30 Å².